The minimum absolute atomic E-state index is 0.0802. The van der Waals surface area contributed by atoms with Gasteiger partial charge < -0.3 is 24.5 Å². The molecule has 42 heavy (non-hydrogen) atoms. The molecule has 1 saturated heterocycles. The fraction of sp³-hybridized carbons (Fsp3) is 0.375. The van der Waals surface area contributed by atoms with Crippen molar-refractivity contribution in [2.75, 3.05) is 36.9 Å². The summed E-state index contributed by atoms with van der Waals surface area (Å²) >= 11 is 0. The molecule has 0 bridgehead atoms. The van der Waals surface area contributed by atoms with E-state index < -0.39 is 0 Å². The molecule has 0 aliphatic carbocycles. The number of fused-ring (bicyclic) bond motifs is 3. The number of aryl methyl sites for hydroxylation is 2. The van der Waals surface area contributed by atoms with E-state index in [4.69, 9.17) is 0 Å². The molecule has 4 aromatic heterocycles. The fourth-order valence-electron chi connectivity index (χ4n) is 6.69. The van der Waals surface area contributed by atoms with Gasteiger partial charge in [-0.3, -0.25) is 14.5 Å². The van der Waals surface area contributed by atoms with Gasteiger partial charge in [-0.2, -0.15) is 0 Å². The zero-order valence-corrected chi connectivity index (χ0v) is 24.0. The number of aromatic nitrogens is 4. The summed E-state index contributed by atoms with van der Waals surface area (Å²) in [7, 11) is 3.80. The standard InChI is InChI=1S/C32H35N7O3/c1-36-16-22(17-36)20-6-7-29(34-15-20)35-27-13-21(18-37(2)32(27)42)24-8-10-33-30(26(24)19-40)39-12-9-28-25(31(39)41)14-23-5-3-4-11-38(23)28/h6-8,10,13-15,18,22,40H,3-5,9,11-12,16-17,19H2,1-2H3,(H,34,35). The number of likely N-dealkylation sites (tertiary alicyclic amines) is 1. The third-order valence-electron chi connectivity index (χ3n) is 8.93. The molecule has 0 unspecified atom stereocenters. The van der Waals surface area contributed by atoms with Gasteiger partial charge in [0.25, 0.3) is 11.5 Å². The van der Waals surface area contributed by atoms with E-state index in [1.807, 2.05) is 24.4 Å². The Balaban J connectivity index is 1.20. The Hall–Kier alpha value is -4.28. The summed E-state index contributed by atoms with van der Waals surface area (Å²) in [6.45, 7) is 3.21. The first-order chi connectivity index (χ1) is 20.4. The Morgan fingerprint density at radius 1 is 1.00 bits per heavy atom. The molecule has 0 aromatic carbocycles. The van der Waals surface area contributed by atoms with Crippen LogP contribution in [0.15, 0.2) is 53.7 Å². The highest BCUT2D eigenvalue weighted by molar-refractivity contribution is 6.08. The van der Waals surface area contributed by atoms with Crippen molar-refractivity contribution in [3.8, 4) is 11.1 Å². The number of nitrogens with one attached hydrogen (secondary N) is 1. The number of anilines is 3. The number of aliphatic hydroxyl groups excluding tert-OH is 1. The first-order valence-electron chi connectivity index (χ1n) is 14.7. The topological polar surface area (TPSA) is 109 Å². The van der Waals surface area contributed by atoms with Gasteiger partial charge in [-0.25, -0.2) is 9.97 Å². The average Bonchev–Trinajstić information content (AvgIpc) is 3.38. The number of pyridine rings is 3. The Bertz CT molecular complexity index is 1730. The van der Waals surface area contributed by atoms with Crippen molar-refractivity contribution in [1.29, 1.82) is 0 Å². The molecule has 3 aliphatic rings. The third-order valence-corrected chi connectivity index (χ3v) is 8.93. The molecular weight excluding hydrogens is 530 g/mol. The van der Waals surface area contributed by atoms with Crippen LogP contribution in [-0.4, -0.2) is 61.7 Å². The maximum absolute atomic E-state index is 13.7. The molecule has 0 spiro atoms. The Labute approximate surface area is 244 Å². The van der Waals surface area contributed by atoms with Gasteiger partial charge in [0, 0.05) is 86.7 Å². The van der Waals surface area contributed by atoms with Crippen LogP contribution in [-0.2, 0) is 33.0 Å². The minimum atomic E-state index is -0.299. The van der Waals surface area contributed by atoms with Crippen LogP contribution in [0.2, 0.25) is 0 Å². The average molecular weight is 566 g/mol. The van der Waals surface area contributed by atoms with Crippen LogP contribution in [0.3, 0.4) is 0 Å². The first kappa shape index (κ1) is 26.6. The van der Waals surface area contributed by atoms with E-state index in [9.17, 15) is 14.7 Å². The predicted octanol–water partition coefficient (Wildman–Crippen LogP) is 3.45. The van der Waals surface area contributed by atoms with Crippen LogP contribution in [0.25, 0.3) is 11.1 Å². The van der Waals surface area contributed by atoms with E-state index in [-0.39, 0.29) is 18.1 Å². The van der Waals surface area contributed by atoms with Crippen LogP contribution in [0.1, 0.15) is 51.6 Å². The maximum atomic E-state index is 13.7. The Morgan fingerprint density at radius 3 is 2.62 bits per heavy atom. The third kappa shape index (κ3) is 4.51. The molecule has 4 aromatic rings. The number of likely N-dealkylation sites (N-methyl/N-ethyl adjacent to an activating group) is 1. The summed E-state index contributed by atoms with van der Waals surface area (Å²) in [6, 6.07) is 9.59. The van der Waals surface area contributed by atoms with E-state index in [0.29, 0.717) is 40.9 Å². The van der Waals surface area contributed by atoms with E-state index in [0.717, 1.165) is 62.1 Å². The Kier molecular flexibility index (Phi) is 6.67. The highest BCUT2D eigenvalue weighted by Crippen LogP contribution is 2.35. The van der Waals surface area contributed by atoms with Crippen molar-refractivity contribution in [3.63, 3.8) is 0 Å². The van der Waals surface area contributed by atoms with Gasteiger partial charge >= 0.3 is 0 Å². The van der Waals surface area contributed by atoms with Crippen molar-refractivity contribution < 1.29 is 9.90 Å². The Morgan fingerprint density at radius 2 is 1.86 bits per heavy atom. The van der Waals surface area contributed by atoms with Gasteiger partial charge in [-0.05, 0) is 61.7 Å². The van der Waals surface area contributed by atoms with Gasteiger partial charge in [-0.1, -0.05) is 6.07 Å². The summed E-state index contributed by atoms with van der Waals surface area (Å²) in [4.78, 5) is 39.9. The lowest BCUT2D eigenvalue weighted by atomic mass is 9.93. The van der Waals surface area contributed by atoms with Crippen molar-refractivity contribution in [1.82, 2.24) is 24.0 Å². The second-order valence-corrected chi connectivity index (χ2v) is 11.7. The molecule has 10 nitrogen and oxygen atoms in total. The molecular formula is C32H35N7O3. The number of carbonyl (C=O) groups excluding carboxylic acids is 1. The fourth-order valence-corrected chi connectivity index (χ4v) is 6.69. The highest BCUT2D eigenvalue weighted by atomic mass is 16.3. The summed E-state index contributed by atoms with van der Waals surface area (Å²) in [6.07, 6.45) is 9.30. The number of amides is 1. The van der Waals surface area contributed by atoms with E-state index >= 15 is 0 Å². The summed E-state index contributed by atoms with van der Waals surface area (Å²) in [5, 5.41) is 13.8. The van der Waals surface area contributed by atoms with E-state index in [1.54, 1.807) is 30.4 Å². The maximum Gasteiger partial charge on any atom is 0.274 e. The number of rotatable bonds is 6. The lowest BCUT2D eigenvalue weighted by Gasteiger charge is -2.36. The van der Waals surface area contributed by atoms with Crippen LogP contribution in [0.4, 0.5) is 17.3 Å². The van der Waals surface area contributed by atoms with Gasteiger partial charge in [0.1, 0.15) is 17.3 Å². The lowest BCUT2D eigenvalue weighted by Crippen LogP contribution is -2.41. The first-order valence-corrected chi connectivity index (χ1v) is 14.7. The zero-order valence-electron chi connectivity index (χ0n) is 24.0. The molecule has 7 heterocycles. The monoisotopic (exact) mass is 565 g/mol. The lowest BCUT2D eigenvalue weighted by molar-refractivity contribution is 0.0978. The van der Waals surface area contributed by atoms with Gasteiger partial charge in [0.05, 0.1) is 12.2 Å². The van der Waals surface area contributed by atoms with Crippen molar-refractivity contribution >= 4 is 23.2 Å². The highest BCUT2D eigenvalue weighted by Gasteiger charge is 2.33. The second-order valence-electron chi connectivity index (χ2n) is 11.7. The van der Waals surface area contributed by atoms with Crippen molar-refractivity contribution in [2.24, 2.45) is 7.05 Å². The normalized spacial score (nSPS) is 17.1. The van der Waals surface area contributed by atoms with Gasteiger partial charge in [0.2, 0.25) is 0 Å². The van der Waals surface area contributed by atoms with E-state index in [2.05, 4.69) is 37.9 Å². The molecule has 1 amide bonds. The quantitative estimate of drug-likeness (QED) is 0.369. The van der Waals surface area contributed by atoms with Crippen LogP contribution in [0.5, 0.6) is 0 Å². The summed E-state index contributed by atoms with van der Waals surface area (Å²) in [5.74, 6) is 1.45. The van der Waals surface area contributed by atoms with Gasteiger partial charge in [0.15, 0.2) is 0 Å². The molecule has 3 aliphatic heterocycles. The zero-order chi connectivity index (χ0) is 29.0. The number of nitrogens with zero attached hydrogens (tertiary/aromatic N) is 6. The van der Waals surface area contributed by atoms with Crippen LogP contribution in [0, 0.1) is 0 Å². The molecule has 0 atom stereocenters. The van der Waals surface area contributed by atoms with Crippen molar-refractivity contribution in [2.45, 2.75) is 44.8 Å². The predicted molar refractivity (Wildman–Crippen MR) is 161 cm³/mol. The smallest absolute Gasteiger partial charge is 0.274 e. The number of hydrogen-bond donors (Lipinski definition) is 2. The molecule has 7 rings (SSSR count). The number of aliphatic hydroxyl groups is 1. The largest absolute Gasteiger partial charge is 0.392 e. The van der Waals surface area contributed by atoms with E-state index in [1.165, 1.54) is 15.8 Å². The molecule has 1 fully saturated rings. The molecule has 0 saturated carbocycles. The molecule has 2 N–H and O–H groups in total. The molecule has 216 valence electrons. The summed E-state index contributed by atoms with van der Waals surface area (Å²) in [5.41, 5.74) is 6.46. The summed E-state index contributed by atoms with van der Waals surface area (Å²) < 4.78 is 3.83. The SMILES string of the molecule is CN1CC(c2ccc(Nc3cc(-c4ccnc(N5CCc6c(cc7n6CCCC7)C5=O)c4CO)cn(C)c3=O)nc2)C1. The number of hydrogen-bond acceptors (Lipinski definition) is 7. The molecule has 10 heteroatoms. The van der Waals surface area contributed by atoms with Crippen LogP contribution >= 0.6 is 0 Å². The van der Waals surface area contributed by atoms with Gasteiger partial charge in [-0.15, -0.1) is 0 Å². The van der Waals surface area contributed by atoms with Crippen molar-refractivity contribution in [3.05, 3.63) is 87.4 Å². The number of carbonyl (C=O) groups is 1. The minimum Gasteiger partial charge on any atom is -0.392 e. The molecule has 0 radical (unpaired) electrons. The second kappa shape index (κ2) is 10.5. The van der Waals surface area contributed by atoms with Crippen LogP contribution < -0.4 is 15.8 Å².